The van der Waals surface area contributed by atoms with E-state index in [4.69, 9.17) is 9.15 Å². The zero-order chi connectivity index (χ0) is 14.4. The first-order valence-electron chi connectivity index (χ1n) is 6.99. The molecule has 0 radical (unpaired) electrons. The van der Waals surface area contributed by atoms with Gasteiger partial charge in [0.2, 0.25) is 0 Å². The Balaban J connectivity index is 1.97. The first kappa shape index (κ1) is 12.2. The van der Waals surface area contributed by atoms with E-state index in [1.54, 1.807) is 0 Å². The molecule has 0 aliphatic carbocycles. The molecule has 4 rings (SSSR count). The number of fused-ring (bicyclic) bond motifs is 3. The van der Waals surface area contributed by atoms with Crippen molar-refractivity contribution in [3.8, 4) is 5.75 Å². The van der Waals surface area contributed by atoms with Gasteiger partial charge < -0.3 is 9.15 Å². The van der Waals surface area contributed by atoms with Crippen molar-refractivity contribution < 1.29 is 9.15 Å². The highest BCUT2D eigenvalue weighted by atomic mass is 16.5. The van der Waals surface area contributed by atoms with Crippen molar-refractivity contribution in [1.82, 2.24) is 0 Å². The van der Waals surface area contributed by atoms with Crippen LogP contribution in [-0.2, 0) is 0 Å². The third kappa shape index (κ3) is 1.85. The third-order valence-corrected chi connectivity index (χ3v) is 3.99. The minimum absolute atomic E-state index is 0.0526. The quantitative estimate of drug-likeness (QED) is 0.638. The average molecular weight is 278 g/mol. The normalized spacial score (nSPS) is 16.7. The largest absolute Gasteiger partial charge is 0.491 e. The van der Waals surface area contributed by atoms with E-state index in [1.807, 2.05) is 55.5 Å². The first-order chi connectivity index (χ1) is 10.2. The maximum absolute atomic E-state index is 12.4. The molecule has 0 fully saturated rings. The number of hydrogen-bond donors (Lipinski definition) is 0. The van der Waals surface area contributed by atoms with E-state index in [0.717, 1.165) is 16.5 Å². The molecule has 0 N–H and O–H groups in total. The summed E-state index contributed by atoms with van der Waals surface area (Å²) in [5, 5.41) is 0.869. The molecule has 1 aliphatic heterocycles. The van der Waals surface area contributed by atoms with E-state index in [1.165, 1.54) is 0 Å². The fourth-order valence-electron chi connectivity index (χ4n) is 2.95. The van der Waals surface area contributed by atoms with Gasteiger partial charge in [0.05, 0.1) is 23.5 Å². The van der Waals surface area contributed by atoms with Crippen LogP contribution in [0.3, 0.4) is 0 Å². The smallest absolute Gasteiger partial charge is 0.343 e. The van der Waals surface area contributed by atoms with Gasteiger partial charge in [-0.3, -0.25) is 0 Å². The highest BCUT2D eigenvalue weighted by molar-refractivity contribution is 5.86. The number of ether oxygens (including phenoxy) is 1. The summed E-state index contributed by atoms with van der Waals surface area (Å²) in [5.41, 5.74) is 3.07. The molecule has 1 aliphatic rings. The van der Waals surface area contributed by atoms with Crippen LogP contribution in [0.2, 0.25) is 0 Å². The molecule has 3 aromatic rings. The van der Waals surface area contributed by atoms with Crippen molar-refractivity contribution in [1.29, 1.82) is 0 Å². The number of rotatable bonds is 1. The van der Waals surface area contributed by atoms with Crippen molar-refractivity contribution in [3.63, 3.8) is 0 Å². The van der Waals surface area contributed by atoms with Crippen LogP contribution in [0.1, 0.15) is 22.6 Å². The first-order valence-corrected chi connectivity index (χ1v) is 6.99. The predicted molar refractivity (Wildman–Crippen MR) is 81.0 cm³/mol. The monoisotopic (exact) mass is 278 g/mol. The van der Waals surface area contributed by atoms with E-state index in [2.05, 4.69) is 0 Å². The van der Waals surface area contributed by atoms with Gasteiger partial charge in [0.15, 0.2) is 0 Å². The van der Waals surface area contributed by atoms with Crippen LogP contribution >= 0.6 is 0 Å². The average Bonchev–Trinajstić information content (AvgIpc) is 2.93. The topological polar surface area (TPSA) is 39.4 Å². The van der Waals surface area contributed by atoms with Gasteiger partial charge in [-0.15, -0.1) is 0 Å². The van der Waals surface area contributed by atoms with E-state index in [0.29, 0.717) is 23.5 Å². The predicted octanol–water partition coefficient (Wildman–Crippen LogP) is 3.63. The maximum atomic E-state index is 12.4. The van der Waals surface area contributed by atoms with Crippen molar-refractivity contribution >= 4 is 11.0 Å². The summed E-state index contributed by atoms with van der Waals surface area (Å²) < 4.78 is 11.3. The highest BCUT2D eigenvalue weighted by Crippen LogP contribution is 2.40. The molecule has 1 aromatic heterocycles. The molecule has 2 aromatic carbocycles. The van der Waals surface area contributed by atoms with Crippen molar-refractivity contribution in [3.05, 3.63) is 75.6 Å². The molecular formula is C18H14O3. The van der Waals surface area contributed by atoms with E-state index in [-0.39, 0.29) is 11.5 Å². The van der Waals surface area contributed by atoms with Gasteiger partial charge in [-0.2, -0.15) is 0 Å². The van der Waals surface area contributed by atoms with Gasteiger partial charge in [0.25, 0.3) is 0 Å². The molecule has 1 atom stereocenters. The lowest BCUT2D eigenvalue weighted by molar-refractivity contribution is 0.346. The molecule has 0 spiro atoms. The lowest BCUT2D eigenvalue weighted by Crippen LogP contribution is -2.11. The van der Waals surface area contributed by atoms with Crippen LogP contribution in [0.5, 0.6) is 5.75 Å². The zero-order valence-corrected chi connectivity index (χ0v) is 11.6. The number of aryl methyl sites for hydroxylation is 1. The van der Waals surface area contributed by atoms with Crippen LogP contribution < -0.4 is 10.4 Å². The van der Waals surface area contributed by atoms with E-state index < -0.39 is 0 Å². The lowest BCUT2D eigenvalue weighted by atomic mass is 9.94. The van der Waals surface area contributed by atoms with E-state index >= 15 is 0 Å². The molecule has 3 heteroatoms. The molecule has 0 saturated carbocycles. The summed E-state index contributed by atoms with van der Waals surface area (Å²) in [7, 11) is 0. The summed E-state index contributed by atoms with van der Waals surface area (Å²) >= 11 is 0. The highest BCUT2D eigenvalue weighted by Gasteiger charge is 2.31. The molecule has 21 heavy (non-hydrogen) atoms. The zero-order valence-electron chi connectivity index (χ0n) is 11.6. The SMILES string of the molecule is Cc1ccc2c3c(c(=O)oc2c1)C(c1ccccc1)CO3. The van der Waals surface area contributed by atoms with Crippen molar-refractivity contribution in [2.75, 3.05) is 6.61 Å². The fourth-order valence-corrected chi connectivity index (χ4v) is 2.95. The molecular weight excluding hydrogens is 264 g/mol. The molecule has 104 valence electrons. The number of hydrogen-bond acceptors (Lipinski definition) is 3. The molecule has 0 saturated heterocycles. The van der Waals surface area contributed by atoms with Gasteiger partial charge in [-0.1, -0.05) is 36.4 Å². The Kier molecular flexibility index (Phi) is 2.61. The Morgan fingerprint density at radius 3 is 2.71 bits per heavy atom. The minimum atomic E-state index is -0.297. The Bertz CT molecular complexity index is 878. The Labute approximate surface area is 121 Å². The van der Waals surface area contributed by atoms with Crippen LogP contribution in [-0.4, -0.2) is 6.61 Å². The molecule has 2 heterocycles. The van der Waals surface area contributed by atoms with Gasteiger partial charge in [0, 0.05) is 0 Å². The van der Waals surface area contributed by atoms with Crippen LogP contribution in [0.15, 0.2) is 57.7 Å². The second-order valence-electron chi connectivity index (χ2n) is 5.41. The summed E-state index contributed by atoms with van der Waals surface area (Å²) in [6.45, 7) is 2.46. The molecule has 1 unspecified atom stereocenters. The number of benzene rings is 2. The summed E-state index contributed by atoms with van der Waals surface area (Å²) in [6.07, 6.45) is 0. The van der Waals surface area contributed by atoms with Gasteiger partial charge >= 0.3 is 5.63 Å². The van der Waals surface area contributed by atoms with E-state index in [9.17, 15) is 4.79 Å². The van der Waals surface area contributed by atoms with Crippen LogP contribution in [0.4, 0.5) is 0 Å². The Hall–Kier alpha value is -2.55. The molecule has 0 bridgehead atoms. The Morgan fingerprint density at radius 2 is 1.90 bits per heavy atom. The summed E-state index contributed by atoms with van der Waals surface area (Å²) in [5.74, 6) is 0.623. The lowest BCUT2D eigenvalue weighted by Gasteiger charge is -2.08. The minimum Gasteiger partial charge on any atom is -0.491 e. The summed E-state index contributed by atoms with van der Waals surface area (Å²) in [6, 6.07) is 15.8. The Morgan fingerprint density at radius 1 is 1.10 bits per heavy atom. The van der Waals surface area contributed by atoms with Crippen molar-refractivity contribution in [2.45, 2.75) is 12.8 Å². The van der Waals surface area contributed by atoms with Crippen molar-refractivity contribution in [2.24, 2.45) is 0 Å². The molecule has 0 amide bonds. The molecule has 3 nitrogen and oxygen atoms in total. The van der Waals surface area contributed by atoms with Gasteiger partial charge in [-0.25, -0.2) is 4.79 Å². The standard InChI is InChI=1S/C18H14O3/c1-11-7-8-13-15(9-11)21-18(19)16-14(10-20-17(13)16)12-5-3-2-4-6-12/h2-9,14H,10H2,1H3. The third-order valence-electron chi connectivity index (χ3n) is 3.99. The second-order valence-corrected chi connectivity index (χ2v) is 5.41. The van der Waals surface area contributed by atoms with Gasteiger partial charge in [-0.05, 0) is 30.2 Å². The second kappa shape index (κ2) is 4.48. The summed E-state index contributed by atoms with van der Waals surface area (Å²) in [4.78, 5) is 12.4. The van der Waals surface area contributed by atoms with Crippen LogP contribution in [0.25, 0.3) is 11.0 Å². The fraction of sp³-hybridized carbons (Fsp3) is 0.167. The van der Waals surface area contributed by atoms with Gasteiger partial charge in [0.1, 0.15) is 11.3 Å². The maximum Gasteiger partial charge on any atom is 0.343 e. The van der Waals surface area contributed by atoms with Crippen LogP contribution in [0, 0.1) is 6.92 Å².